The molecular weight excluding hydrogens is 344 g/mol. The van der Waals surface area contributed by atoms with E-state index in [-0.39, 0.29) is 24.2 Å². The molecular formula is C21H22N2O4. The molecule has 0 saturated heterocycles. The molecule has 2 aliphatic heterocycles. The average molecular weight is 366 g/mol. The van der Waals surface area contributed by atoms with Crippen LogP contribution in [0.3, 0.4) is 0 Å². The fourth-order valence-corrected chi connectivity index (χ4v) is 3.42. The zero-order valence-corrected chi connectivity index (χ0v) is 15.0. The topological polar surface area (TPSA) is 76.7 Å². The predicted octanol–water partition coefficient (Wildman–Crippen LogP) is 3.38. The average Bonchev–Trinajstić information content (AvgIpc) is 2.91. The van der Waals surface area contributed by atoms with Crippen molar-refractivity contribution in [2.24, 2.45) is 5.92 Å². The number of fused-ring (bicyclic) bond motifs is 2. The smallest absolute Gasteiger partial charge is 0.227 e. The third-order valence-corrected chi connectivity index (χ3v) is 4.86. The van der Waals surface area contributed by atoms with Crippen molar-refractivity contribution in [2.45, 2.75) is 25.7 Å². The normalized spacial score (nSPS) is 18.1. The molecule has 0 aromatic heterocycles. The number of carbonyl (C=O) groups is 2. The highest BCUT2D eigenvalue weighted by molar-refractivity contribution is 5.96. The van der Waals surface area contributed by atoms with Crippen molar-refractivity contribution in [2.75, 3.05) is 23.8 Å². The van der Waals surface area contributed by atoms with Crippen LogP contribution < -0.4 is 20.1 Å². The molecule has 2 heterocycles. The summed E-state index contributed by atoms with van der Waals surface area (Å²) in [4.78, 5) is 24.6. The van der Waals surface area contributed by atoms with Gasteiger partial charge in [-0.25, -0.2) is 0 Å². The number of carbonyl (C=O) groups excluding carboxylic acids is 2. The minimum absolute atomic E-state index is 0.0166. The maximum atomic E-state index is 12.3. The van der Waals surface area contributed by atoms with E-state index in [1.807, 2.05) is 30.3 Å². The minimum atomic E-state index is -0.186. The monoisotopic (exact) mass is 366 g/mol. The first-order chi connectivity index (χ1) is 13.2. The van der Waals surface area contributed by atoms with E-state index in [2.05, 4.69) is 10.6 Å². The van der Waals surface area contributed by atoms with Crippen LogP contribution in [0.5, 0.6) is 11.5 Å². The highest BCUT2D eigenvalue weighted by Gasteiger charge is 2.26. The Morgan fingerprint density at radius 2 is 1.93 bits per heavy atom. The molecule has 2 aliphatic rings. The summed E-state index contributed by atoms with van der Waals surface area (Å²) in [5.74, 6) is 1.03. The molecule has 2 aromatic carbocycles. The van der Waals surface area contributed by atoms with Gasteiger partial charge in [-0.15, -0.1) is 0 Å². The third-order valence-electron chi connectivity index (χ3n) is 4.86. The Bertz CT molecular complexity index is 865. The van der Waals surface area contributed by atoms with Crippen LogP contribution in [0.25, 0.3) is 0 Å². The number of ether oxygens (including phenoxy) is 2. The van der Waals surface area contributed by atoms with Gasteiger partial charge in [-0.2, -0.15) is 0 Å². The van der Waals surface area contributed by atoms with Crippen molar-refractivity contribution in [3.05, 3.63) is 48.0 Å². The minimum Gasteiger partial charge on any atom is -0.490 e. The molecule has 0 bridgehead atoms. The Morgan fingerprint density at radius 3 is 2.81 bits per heavy atom. The van der Waals surface area contributed by atoms with Gasteiger partial charge in [-0.1, -0.05) is 18.2 Å². The van der Waals surface area contributed by atoms with Crippen molar-refractivity contribution in [1.82, 2.24) is 0 Å². The van der Waals surface area contributed by atoms with E-state index >= 15 is 0 Å². The van der Waals surface area contributed by atoms with E-state index in [9.17, 15) is 9.59 Å². The van der Waals surface area contributed by atoms with Gasteiger partial charge < -0.3 is 20.1 Å². The SMILES string of the molecule is O=C(CCC1Cc2ccccc2NC1=O)Nc1ccc2c(c1)OCCCO2. The first-order valence-corrected chi connectivity index (χ1v) is 9.27. The molecule has 0 spiro atoms. The Hall–Kier alpha value is -3.02. The van der Waals surface area contributed by atoms with Crippen LogP contribution in [-0.4, -0.2) is 25.0 Å². The first-order valence-electron chi connectivity index (χ1n) is 9.27. The Kier molecular flexibility index (Phi) is 4.96. The lowest BCUT2D eigenvalue weighted by atomic mass is 9.89. The molecule has 1 atom stereocenters. The van der Waals surface area contributed by atoms with E-state index in [0.717, 1.165) is 17.7 Å². The second-order valence-electron chi connectivity index (χ2n) is 6.85. The highest BCUT2D eigenvalue weighted by atomic mass is 16.5. The molecule has 0 fully saturated rings. The summed E-state index contributed by atoms with van der Waals surface area (Å²) in [6.45, 7) is 1.23. The van der Waals surface area contributed by atoms with E-state index < -0.39 is 0 Å². The fourth-order valence-electron chi connectivity index (χ4n) is 3.42. The number of hydrogen-bond acceptors (Lipinski definition) is 4. The molecule has 6 heteroatoms. The summed E-state index contributed by atoms with van der Waals surface area (Å²) in [7, 11) is 0. The zero-order chi connectivity index (χ0) is 18.6. The summed E-state index contributed by atoms with van der Waals surface area (Å²) in [6, 6.07) is 13.2. The van der Waals surface area contributed by atoms with Gasteiger partial charge in [0.1, 0.15) is 0 Å². The van der Waals surface area contributed by atoms with Crippen LogP contribution in [0.4, 0.5) is 11.4 Å². The molecule has 1 unspecified atom stereocenters. The van der Waals surface area contributed by atoms with Gasteiger partial charge >= 0.3 is 0 Å². The zero-order valence-electron chi connectivity index (χ0n) is 15.0. The Morgan fingerprint density at radius 1 is 1.11 bits per heavy atom. The van der Waals surface area contributed by atoms with Crippen molar-refractivity contribution < 1.29 is 19.1 Å². The second-order valence-corrected chi connectivity index (χ2v) is 6.85. The van der Waals surface area contributed by atoms with Crippen LogP contribution in [0, 0.1) is 5.92 Å². The molecule has 0 saturated carbocycles. The molecule has 4 rings (SSSR count). The maximum absolute atomic E-state index is 12.3. The summed E-state index contributed by atoms with van der Waals surface area (Å²) in [5.41, 5.74) is 2.66. The van der Waals surface area contributed by atoms with E-state index in [4.69, 9.17) is 9.47 Å². The number of anilines is 2. The lowest BCUT2D eigenvalue weighted by molar-refractivity contribution is -0.121. The standard InChI is InChI=1S/C21H22N2O4/c24-20(22-16-7-8-18-19(13-16)27-11-3-10-26-18)9-6-15-12-14-4-1-2-5-17(14)23-21(15)25/h1-2,4-5,7-8,13,15H,3,6,9-12H2,(H,22,24)(H,23,25). The number of rotatable bonds is 4. The molecule has 2 N–H and O–H groups in total. The largest absolute Gasteiger partial charge is 0.490 e. The summed E-state index contributed by atoms with van der Waals surface area (Å²) in [6.07, 6.45) is 2.30. The van der Waals surface area contributed by atoms with Crippen LogP contribution in [0.15, 0.2) is 42.5 Å². The van der Waals surface area contributed by atoms with Gasteiger partial charge in [-0.3, -0.25) is 9.59 Å². The molecule has 0 aliphatic carbocycles. The Balaban J connectivity index is 1.34. The van der Waals surface area contributed by atoms with Crippen molar-refractivity contribution in [1.29, 1.82) is 0 Å². The van der Waals surface area contributed by atoms with Crippen molar-refractivity contribution in [3.63, 3.8) is 0 Å². The Labute approximate surface area is 157 Å². The van der Waals surface area contributed by atoms with Crippen LogP contribution >= 0.6 is 0 Å². The number of amides is 2. The van der Waals surface area contributed by atoms with Gasteiger partial charge in [0.05, 0.1) is 13.2 Å². The molecule has 6 nitrogen and oxygen atoms in total. The second kappa shape index (κ2) is 7.70. The highest BCUT2D eigenvalue weighted by Crippen LogP contribution is 2.32. The molecule has 0 radical (unpaired) electrons. The number of benzene rings is 2. The van der Waals surface area contributed by atoms with Crippen LogP contribution in [0.1, 0.15) is 24.8 Å². The lowest BCUT2D eigenvalue weighted by Crippen LogP contribution is -2.30. The van der Waals surface area contributed by atoms with E-state index in [1.165, 1.54) is 0 Å². The lowest BCUT2D eigenvalue weighted by Gasteiger charge is -2.24. The first kappa shape index (κ1) is 17.4. The van der Waals surface area contributed by atoms with Crippen LogP contribution in [-0.2, 0) is 16.0 Å². The molecule has 2 amide bonds. The molecule has 140 valence electrons. The number of hydrogen-bond donors (Lipinski definition) is 2. The van der Waals surface area contributed by atoms with Gasteiger partial charge in [0.15, 0.2) is 11.5 Å². The summed E-state index contributed by atoms with van der Waals surface area (Å²) in [5, 5.41) is 5.80. The third kappa shape index (κ3) is 4.05. The van der Waals surface area contributed by atoms with Gasteiger partial charge in [0.2, 0.25) is 11.8 Å². The van der Waals surface area contributed by atoms with Crippen molar-refractivity contribution in [3.8, 4) is 11.5 Å². The quantitative estimate of drug-likeness (QED) is 0.870. The fraction of sp³-hybridized carbons (Fsp3) is 0.333. The van der Waals surface area contributed by atoms with E-state index in [0.29, 0.717) is 43.2 Å². The number of nitrogens with one attached hydrogen (secondary N) is 2. The molecule has 27 heavy (non-hydrogen) atoms. The summed E-state index contributed by atoms with van der Waals surface area (Å²) < 4.78 is 11.2. The maximum Gasteiger partial charge on any atom is 0.227 e. The van der Waals surface area contributed by atoms with Crippen LogP contribution in [0.2, 0.25) is 0 Å². The van der Waals surface area contributed by atoms with Gasteiger partial charge in [-0.05, 0) is 36.6 Å². The number of para-hydroxylation sites is 1. The van der Waals surface area contributed by atoms with Gasteiger partial charge in [0, 0.05) is 36.2 Å². The molecule has 2 aromatic rings. The van der Waals surface area contributed by atoms with Crippen molar-refractivity contribution >= 4 is 23.2 Å². The van der Waals surface area contributed by atoms with E-state index in [1.54, 1.807) is 12.1 Å². The summed E-state index contributed by atoms with van der Waals surface area (Å²) >= 11 is 0. The van der Waals surface area contributed by atoms with Gasteiger partial charge in [0.25, 0.3) is 0 Å². The predicted molar refractivity (Wildman–Crippen MR) is 102 cm³/mol.